The minimum atomic E-state index is -0.276. The Balaban J connectivity index is 2.14. The summed E-state index contributed by atoms with van der Waals surface area (Å²) in [7, 11) is 0. The van der Waals surface area contributed by atoms with Gasteiger partial charge in [0.05, 0.1) is 12.2 Å². The molecule has 0 amide bonds. The van der Waals surface area contributed by atoms with E-state index in [1.54, 1.807) is 0 Å². The van der Waals surface area contributed by atoms with Gasteiger partial charge in [-0.1, -0.05) is 0 Å². The predicted molar refractivity (Wildman–Crippen MR) is 50.4 cm³/mol. The average molecular weight is 185 g/mol. The van der Waals surface area contributed by atoms with Gasteiger partial charge in [0.2, 0.25) is 0 Å². The van der Waals surface area contributed by atoms with Crippen LogP contribution in [0.3, 0.4) is 0 Å². The van der Waals surface area contributed by atoms with Crippen LogP contribution >= 0.6 is 0 Å². The van der Waals surface area contributed by atoms with Crippen LogP contribution in [0.15, 0.2) is 0 Å². The average Bonchev–Trinajstić information content (AvgIpc) is 2.38. The maximum Gasteiger partial charge on any atom is 0.0622 e. The molecular formula is C10H19NO2. The van der Waals surface area contributed by atoms with Crippen LogP contribution in [0, 0.1) is 5.41 Å². The quantitative estimate of drug-likeness (QED) is 0.507. The third-order valence-electron chi connectivity index (χ3n) is 3.80. The largest absolute Gasteiger partial charge is 0.392 e. The molecule has 1 saturated carbocycles. The molecule has 1 aliphatic carbocycles. The fraction of sp³-hybridized carbons (Fsp3) is 1.00. The van der Waals surface area contributed by atoms with Gasteiger partial charge < -0.3 is 15.5 Å². The van der Waals surface area contributed by atoms with Crippen molar-refractivity contribution in [1.29, 1.82) is 0 Å². The van der Waals surface area contributed by atoms with E-state index in [9.17, 15) is 10.2 Å². The number of hydrogen-bond donors (Lipinski definition) is 3. The normalized spacial score (nSPS) is 46.6. The van der Waals surface area contributed by atoms with Crippen LogP contribution in [0.5, 0.6) is 0 Å². The van der Waals surface area contributed by atoms with Gasteiger partial charge in [0.25, 0.3) is 0 Å². The lowest BCUT2D eigenvalue weighted by atomic mass is 9.75. The molecule has 3 heteroatoms. The summed E-state index contributed by atoms with van der Waals surface area (Å²) in [5, 5.41) is 23.1. The van der Waals surface area contributed by atoms with E-state index in [4.69, 9.17) is 0 Å². The van der Waals surface area contributed by atoms with E-state index in [2.05, 4.69) is 5.32 Å². The van der Waals surface area contributed by atoms with Crippen LogP contribution in [-0.4, -0.2) is 35.5 Å². The Morgan fingerprint density at radius 3 is 2.38 bits per heavy atom. The first kappa shape index (κ1) is 9.44. The summed E-state index contributed by atoms with van der Waals surface area (Å²) in [6.45, 7) is 1.97. The molecule has 2 rings (SSSR count). The van der Waals surface area contributed by atoms with E-state index in [0.29, 0.717) is 0 Å². The highest BCUT2D eigenvalue weighted by Gasteiger charge is 2.48. The lowest BCUT2D eigenvalue weighted by molar-refractivity contribution is -0.0323. The van der Waals surface area contributed by atoms with Crippen molar-refractivity contribution < 1.29 is 10.2 Å². The van der Waals surface area contributed by atoms with Crippen molar-refractivity contribution in [2.75, 3.05) is 13.1 Å². The summed E-state index contributed by atoms with van der Waals surface area (Å²) in [5.74, 6) is 0. The molecule has 76 valence electrons. The van der Waals surface area contributed by atoms with Gasteiger partial charge >= 0.3 is 0 Å². The topological polar surface area (TPSA) is 52.5 Å². The Hall–Kier alpha value is -0.120. The van der Waals surface area contributed by atoms with Gasteiger partial charge in [0, 0.05) is 5.41 Å². The molecule has 0 aromatic heterocycles. The van der Waals surface area contributed by atoms with Gasteiger partial charge in [-0.3, -0.25) is 0 Å². The third-order valence-corrected chi connectivity index (χ3v) is 3.80. The first-order valence-electron chi connectivity index (χ1n) is 5.32. The molecule has 0 aromatic rings. The van der Waals surface area contributed by atoms with E-state index >= 15 is 0 Å². The molecule has 3 N–H and O–H groups in total. The van der Waals surface area contributed by atoms with Crippen LogP contribution in [0.4, 0.5) is 0 Å². The number of nitrogens with one attached hydrogen (secondary N) is 1. The molecule has 1 saturated heterocycles. The molecule has 0 bridgehead atoms. The number of rotatable bonds is 0. The lowest BCUT2D eigenvalue weighted by Gasteiger charge is -2.34. The standard InChI is InChI=1S/C10H19NO2/c12-8-2-3-9(13)10(8)4-1-6-11-7-5-10/h8-9,11-13H,1-7H2. The molecule has 1 heterocycles. The van der Waals surface area contributed by atoms with Crippen molar-refractivity contribution in [2.24, 2.45) is 5.41 Å². The van der Waals surface area contributed by atoms with Crippen LogP contribution < -0.4 is 5.32 Å². The number of hydrogen-bond acceptors (Lipinski definition) is 3. The summed E-state index contributed by atoms with van der Waals surface area (Å²) < 4.78 is 0. The summed E-state index contributed by atoms with van der Waals surface area (Å²) in [6, 6.07) is 0. The van der Waals surface area contributed by atoms with Crippen LogP contribution in [0.25, 0.3) is 0 Å². The van der Waals surface area contributed by atoms with E-state index in [-0.39, 0.29) is 17.6 Å². The zero-order chi connectivity index (χ0) is 9.31. The second-order valence-corrected chi connectivity index (χ2v) is 4.45. The zero-order valence-electron chi connectivity index (χ0n) is 8.00. The molecular weight excluding hydrogens is 166 g/mol. The minimum Gasteiger partial charge on any atom is -0.392 e. The Bertz CT molecular complexity index is 164. The molecule has 0 aromatic carbocycles. The third kappa shape index (κ3) is 1.49. The minimum absolute atomic E-state index is 0.177. The molecule has 2 aliphatic rings. The first-order valence-corrected chi connectivity index (χ1v) is 5.32. The Morgan fingerprint density at radius 1 is 1.00 bits per heavy atom. The maximum atomic E-state index is 9.91. The highest BCUT2D eigenvalue weighted by atomic mass is 16.3. The molecule has 2 atom stereocenters. The van der Waals surface area contributed by atoms with Crippen molar-refractivity contribution in [3.8, 4) is 0 Å². The SMILES string of the molecule is OC1CCC(O)C12CCCNCC2. The van der Waals surface area contributed by atoms with Gasteiger partial charge in [0.1, 0.15) is 0 Å². The molecule has 1 aliphatic heterocycles. The van der Waals surface area contributed by atoms with Gasteiger partial charge in [-0.25, -0.2) is 0 Å². The number of aliphatic hydroxyl groups excluding tert-OH is 2. The molecule has 2 fully saturated rings. The summed E-state index contributed by atoms with van der Waals surface area (Å²) in [6.07, 6.45) is 3.98. The van der Waals surface area contributed by atoms with E-state index < -0.39 is 0 Å². The highest BCUT2D eigenvalue weighted by molar-refractivity contribution is 4.99. The van der Waals surface area contributed by atoms with Gasteiger partial charge in [-0.2, -0.15) is 0 Å². The number of aliphatic hydroxyl groups is 2. The van der Waals surface area contributed by atoms with Gasteiger partial charge in [-0.15, -0.1) is 0 Å². The lowest BCUT2D eigenvalue weighted by Crippen LogP contribution is -2.39. The summed E-state index contributed by atoms with van der Waals surface area (Å²) in [4.78, 5) is 0. The smallest absolute Gasteiger partial charge is 0.0622 e. The first-order chi connectivity index (χ1) is 6.26. The van der Waals surface area contributed by atoms with Crippen molar-refractivity contribution in [2.45, 2.75) is 44.3 Å². The predicted octanol–water partition coefficient (Wildman–Crippen LogP) is 0.262. The van der Waals surface area contributed by atoms with Crippen LogP contribution in [0.1, 0.15) is 32.1 Å². The summed E-state index contributed by atoms with van der Waals surface area (Å²) >= 11 is 0. The van der Waals surface area contributed by atoms with Gasteiger partial charge in [0.15, 0.2) is 0 Å². The molecule has 13 heavy (non-hydrogen) atoms. The van der Waals surface area contributed by atoms with E-state index in [1.807, 2.05) is 0 Å². The summed E-state index contributed by atoms with van der Waals surface area (Å²) in [5.41, 5.74) is -0.177. The Kier molecular flexibility index (Phi) is 2.58. The molecule has 3 nitrogen and oxygen atoms in total. The second-order valence-electron chi connectivity index (χ2n) is 4.45. The molecule has 0 radical (unpaired) electrons. The van der Waals surface area contributed by atoms with Crippen molar-refractivity contribution in [1.82, 2.24) is 5.32 Å². The van der Waals surface area contributed by atoms with E-state index in [1.165, 1.54) is 0 Å². The zero-order valence-corrected chi connectivity index (χ0v) is 8.00. The van der Waals surface area contributed by atoms with Crippen LogP contribution in [-0.2, 0) is 0 Å². The van der Waals surface area contributed by atoms with Crippen molar-refractivity contribution in [3.63, 3.8) is 0 Å². The fourth-order valence-corrected chi connectivity index (χ4v) is 2.89. The van der Waals surface area contributed by atoms with Crippen LogP contribution in [0.2, 0.25) is 0 Å². The fourth-order valence-electron chi connectivity index (χ4n) is 2.89. The van der Waals surface area contributed by atoms with Gasteiger partial charge in [-0.05, 0) is 45.2 Å². The molecule has 1 spiro atoms. The monoisotopic (exact) mass is 185 g/mol. The Morgan fingerprint density at radius 2 is 1.69 bits per heavy atom. The second kappa shape index (κ2) is 3.56. The molecule has 2 unspecified atom stereocenters. The highest BCUT2D eigenvalue weighted by Crippen LogP contribution is 2.45. The maximum absolute atomic E-state index is 9.91. The van der Waals surface area contributed by atoms with Crippen molar-refractivity contribution >= 4 is 0 Å². The van der Waals surface area contributed by atoms with Crippen molar-refractivity contribution in [3.05, 3.63) is 0 Å². The van der Waals surface area contributed by atoms with E-state index in [0.717, 1.165) is 45.2 Å². The Labute approximate surface area is 79.2 Å².